The number of carboxylic acids is 1. The van der Waals surface area contributed by atoms with Crippen molar-refractivity contribution in [3.63, 3.8) is 0 Å². The fourth-order valence-corrected chi connectivity index (χ4v) is 4.73. The Morgan fingerprint density at radius 2 is 2.00 bits per heavy atom. The van der Waals surface area contributed by atoms with Crippen LogP contribution in [0.2, 0.25) is 0 Å². The normalized spacial score (nSPS) is 12.6. The van der Waals surface area contributed by atoms with Crippen molar-refractivity contribution >= 4 is 44.2 Å². The van der Waals surface area contributed by atoms with Crippen LogP contribution in [-0.4, -0.2) is 25.4 Å². The largest absolute Gasteiger partial charge is 0.598 e. The molecule has 0 radical (unpaired) electrons. The summed E-state index contributed by atoms with van der Waals surface area (Å²) >= 11 is 2.23. The zero-order valence-electron chi connectivity index (χ0n) is 20.2. The van der Waals surface area contributed by atoms with Gasteiger partial charge in [0.15, 0.2) is 0 Å². The average molecular weight is 571 g/mol. The topological polar surface area (TPSA) is 108 Å². The summed E-state index contributed by atoms with van der Waals surface area (Å²) in [6, 6.07) is 15.1. The van der Waals surface area contributed by atoms with Gasteiger partial charge < -0.3 is 18.8 Å². The van der Waals surface area contributed by atoms with Crippen molar-refractivity contribution in [1.82, 2.24) is 9.71 Å². The van der Waals surface area contributed by atoms with E-state index in [0.717, 1.165) is 37.8 Å². The first-order chi connectivity index (χ1) is 17.1. The number of nitrogens with one attached hydrogen (secondary N) is 1. The van der Waals surface area contributed by atoms with Crippen LogP contribution in [0.3, 0.4) is 0 Å². The van der Waals surface area contributed by atoms with Crippen molar-refractivity contribution < 1.29 is 23.6 Å². The minimum Gasteiger partial charge on any atom is -0.598 e. The lowest BCUT2D eigenvalue weighted by Gasteiger charge is -2.23. The molecule has 1 atom stereocenters. The summed E-state index contributed by atoms with van der Waals surface area (Å²) in [5.41, 5.74) is 4.82. The number of aliphatic carboxylic acids is 1. The molecular formula is C27H27BrN2O5S. The van der Waals surface area contributed by atoms with Gasteiger partial charge in [0.05, 0.1) is 24.9 Å². The molecule has 2 heterocycles. The Bertz CT molecular complexity index is 1380. The van der Waals surface area contributed by atoms with Gasteiger partial charge in [0.1, 0.15) is 22.7 Å². The Hall–Kier alpha value is -2.85. The third-order valence-electron chi connectivity index (χ3n) is 5.44. The number of hydrogen-bond donors (Lipinski definition) is 2. The molecule has 0 amide bonds. The zero-order valence-corrected chi connectivity index (χ0v) is 22.6. The van der Waals surface area contributed by atoms with E-state index in [1.165, 1.54) is 0 Å². The van der Waals surface area contributed by atoms with E-state index in [4.69, 9.17) is 9.15 Å². The van der Waals surface area contributed by atoms with Crippen LogP contribution in [0.4, 0.5) is 0 Å². The van der Waals surface area contributed by atoms with Gasteiger partial charge in [-0.05, 0) is 74.4 Å². The maximum absolute atomic E-state index is 12.4. The minimum absolute atomic E-state index is 0.123. The summed E-state index contributed by atoms with van der Waals surface area (Å²) in [5.74, 6) is -0.400. The predicted octanol–water partition coefficient (Wildman–Crippen LogP) is 6.02. The molecule has 2 aromatic heterocycles. The summed E-state index contributed by atoms with van der Waals surface area (Å²) in [6.07, 6.45) is 3.25. The number of benzene rings is 2. The van der Waals surface area contributed by atoms with Crippen LogP contribution in [0.25, 0.3) is 22.1 Å². The zero-order chi connectivity index (χ0) is 25.9. The average Bonchev–Trinajstić information content (AvgIpc) is 3.30. The minimum atomic E-state index is -1.20. The molecule has 0 aliphatic rings. The van der Waals surface area contributed by atoms with Gasteiger partial charge in [-0.1, -0.05) is 22.0 Å². The molecule has 0 aliphatic heterocycles. The highest BCUT2D eigenvalue weighted by Gasteiger charge is 2.26. The second-order valence-corrected chi connectivity index (χ2v) is 12.3. The highest BCUT2D eigenvalue weighted by Crippen LogP contribution is 2.32. The van der Waals surface area contributed by atoms with Crippen molar-refractivity contribution in [3.8, 4) is 16.9 Å². The van der Waals surface area contributed by atoms with Gasteiger partial charge in [0.25, 0.3) is 0 Å². The predicted molar refractivity (Wildman–Crippen MR) is 144 cm³/mol. The van der Waals surface area contributed by atoms with Crippen LogP contribution < -0.4 is 9.46 Å². The molecule has 0 saturated carbocycles. The summed E-state index contributed by atoms with van der Waals surface area (Å²) in [4.78, 5) is 15.7. The first-order valence-electron chi connectivity index (χ1n) is 11.3. The fourth-order valence-electron chi connectivity index (χ4n) is 3.67. The van der Waals surface area contributed by atoms with Crippen LogP contribution in [0.1, 0.15) is 37.6 Å². The highest BCUT2D eigenvalue weighted by molar-refractivity contribution is 9.10. The molecule has 2 N–H and O–H groups in total. The van der Waals surface area contributed by atoms with Gasteiger partial charge >= 0.3 is 5.97 Å². The molecule has 0 spiro atoms. The Morgan fingerprint density at radius 1 is 1.19 bits per heavy atom. The number of nitrogens with zero attached hydrogens (tertiary/aromatic N) is 1. The molecule has 0 saturated heterocycles. The van der Waals surface area contributed by atoms with E-state index in [0.29, 0.717) is 17.9 Å². The number of carbonyl (C=O) groups is 1. The van der Waals surface area contributed by atoms with Gasteiger partial charge in [0, 0.05) is 38.5 Å². The fraction of sp³-hybridized carbons (Fsp3) is 0.259. The van der Waals surface area contributed by atoms with Crippen molar-refractivity contribution in [2.75, 3.05) is 0 Å². The van der Waals surface area contributed by atoms with Crippen molar-refractivity contribution in [2.24, 2.45) is 0 Å². The Morgan fingerprint density at radius 3 is 2.75 bits per heavy atom. The third-order valence-corrected chi connectivity index (χ3v) is 7.46. The Balaban J connectivity index is 1.60. The standard InChI is InChI=1S/C27H27BrN2O5S/c1-27(2,3)36(33)30-15-22-12-18(6-8-29-22)23-11-17(10-20-7-9-34-26(20)23)16-35-24-14-21(28)5-4-19(24)13-25(31)32/h4-12,14,30H,13,15-16H2,1-3H3,(H,31,32)/t36-/m0/s1. The molecule has 4 aromatic rings. The summed E-state index contributed by atoms with van der Waals surface area (Å²) in [7, 11) is 0. The quantitative estimate of drug-likeness (QED) is 0.237. The number of halogens is 1. The van der Waals surface area contributed by atoms with E-state index in [1.54, 1.807) is 30.7 Å². The van der Waals surface area contributed by atoms with E-state index in [9.17, 15) is 14.5 Å². The van der Waals surface area contributed by atoms with Crippen LogP contribution in [0.15, 0.2) is 69.9 Å². The maximum atomic E-state index is 12.4. The number of furan rings is 1. The Labute approximate surface area is 221 Å². The molecule has 4 rings (SSSR count). The molecular weight excluding hydrogens is 544 g/mol. The van der Waals surface area contributed by atoms with Crippen molar-refractivity contribution in [1.29, 1.82) is 0 Å². The Kier molecular flexibility index (Phi) is 8.04. The van der Waals surface area contributed by atoms with Crippen molar-refractivity contribution in [2.45, 2.75) is 45.1 Å². The SMILES string of the molecule is CC(C)(C)[S@+]([O-])NCc1cc(-c2cc(COc3cc(Br)ccc3CC(=O)O)cc3ccoc23)ccn1. The molecule has 0 bridgehead atoms. The second kappa shape index (κ2) is 11.0. The van der Waals surface area contributed by atoms with Crippen LogP contribution in [0, 0.1) is 0 Å². The van der Waals surface area contributed by atoms with Gasteiger partial charge in [-0.25, -0.2) is 0 Å². The van der Waals surface area contributed by atoms with E-state index in [2.05, 4.69) is 25.6 Å². The first kappa shape index (κ1) is 26.2. The maximum Gasteiger partial charge on any atom is 0.307 e. The van der Waals surface area contributed by atoms with Crippen LogP contribution in [-0.2, 0) is 35.7 Å². The molecule has 2 aromatic carbocycles. The monoisotopic (exact) mass is 570 g/mol. The molecule has 0 unspecified atom stereocenters. The molecule has 7 nitrogen and oxygen atoms in total. The molecule has 36 heavy (non-hydrogen) atoms. The van der Waals surface area contributed by atoms with Gasteiger partial charge in [0.2, 0.25) is 0 Å². The number of ether oxygens (including phenoxy) is 1. The molecule has 188 valence electrons. The second-order valence-electron chi connectivity index (χ2n) is 9.33. The third kappa shape index (κ3) is 6.47. The first-order valence-corrected chi connectivity index (χ1v) is 13.3. The lowest BCUT2D eigenvalue weighted by atomic mass is 10.0. The number of aromatic nitrogens is 1. The number of fused-ring (bicyclic) bond motifs is 1. The molecule has 9 heteroatoms. The lowest BCUT2D eigenvalue weighted by molar-refractivity contribution is -0.136. The van der Waals surface area contributed by atoms with E-state index in [1.807, 2.05) is 51.1 Å². The highest BCUT2D eigenvalue weighted by atomic mass is 79.9. The number of hydrogen-bond acceptors (Lipinski definition) is 6. The van der Waals surface area contributed by atoms with E-state index < -0.39 is 17.3 Å². The summed E-state index contributed by atoms with van der Waals surface area (Å²) in [6.45, 7) is 6.37. The van der Waals surface area contributed by atoms with Crippen molar-refractivity contribution in [3.05, 3.63) is 82.3 Å². The van der Waals surface area contributed by atoms with Gasteiger partial charge in [-0.15, -0.1) is 4.72 Å². The number of rotatable bonds is 9. The van der Waals surface area contributed by atoms with Crippen LogP contribution in [0.5, 0.6) is 5.75 Å². The van der Waals surface area contributed by atoms with Gasteiger partial charge in [-0.3, -0.25) is 9.78 Å². The molecule has 0 fully saturated rings. The smallest absolute Gasteiger partial charge is 0.307 e. The van der Waals surface area contributed by atoms with E-state index >= 15 is 0 Å². The lowest BCUT2D eigenvalue weighted by Crippen LogP contribution is -2.39. The number of carboxylic acid groups (broad SMARTS) is 1. The van der Waals surface area contributed by atoms with E-state index in [-0.39, 0.29) is 17.8 Å². The number of pyridine rings is 1. The van der Waals surface area contributed by atoms with Gasteiger partial charge in [-0.2, -0.15) is 0 Å². The summed E-state index contributed by atoms with van der Waals surface area (Å²) < 4.78 is 27.7. The molecule has 0 aliphatic carbocycles. The van der Waals surface area contributed by atoms with Crippen LogP contribution >= 0.6 is 15.9 Å². The summed E-state index contributed by atoms with van der Waals surface area (Å²) in [5, 5.41) is 10.2.